The SMILES string of the molecule is O=C(Nc1ccccc1-n1cccc1)Nc1cccc(Cl)c1Cl. The summed E-state index contributed by atoms with van der Waals surface area (Å²) in [5.74, 6) is 0. The Morgan fingerprint density at radius 3 is 2.26 bits per heavy atom. The van der Waals surface area contributed by atoms with Crippen LogP contribution in [0.1, 0.15) is 0 Å². The summed E-state index contributed by atoms with van der Waals surface area (Å²) in [6, 6.07) is 16.0. The molecule has 23 heavy (non-hydrogen) atoms. The normalized spacial score (nSPS) is 10.3. The highest BCUT2D eigenvalue weighted by atomic mass is 35.5. The van der Waals surface area contributed by atoms with Gasteiger partial charge in [-0.1, -0.05) is 41.4 Å². The van der Waals surface area contributed by atoms with Gasteiger partial charge in [0, 0.05) is 12.4 Å². The summed E-state index contributed by atoms with van der Waals surface area (Å²) >= 11 is 12.0. The molecule has 3 aromatic rings. The minimum Gasteiger partial charge on any atom is -0.322 e. The van der Waals surface area contributed by atoms with E-state index in [9.17, 15) is 4.79 Å². The standard InChI is InChI=1S/C17H13Cl2N3O/c18-12-6-5-8-14(16(12)19)21-17(23)20-13-7-1-2-9-15(13)22-10-3-4-11-22/h1-11H,(H2,20,21,23). The second kappa shape index (κ2) is 6.77. The molecule has 6 heteroatoms. The zero-order valence-electron chi connectivity index (χ0n) is 12.0. The number of amides is 2. The maximum absolute atomic E-state index is 12.2. The monoisotopic (exact) mass is 345 g/mol. The average Bonchev–Trinajstić information content (AvgIpc) is 3.06. The first kappa shape index (κ1) is 15.5. The van der Waals surface area contributed by atoms with Crippen molar-refractivity contribution in [2.45, 2.75) is 0 Å². The minimum atomic E-state index is -0.395. The summed E-state index contributed by atoms with van der Waals surface area (Å²) < 4.78 is 1.92. The average molecular weight is 346 g/mol. The molecule has 0 spiro atoms. The molecule has 0 aliphatic rings. The number of para-hydroxylation sites is 2. The molecule has 2 amide bonds. The summed E-state index contributed by atoms with van der Waals surface area (Å²) in [6.07, 6.45) is 3.82. The summed E-state index contributed by atoms with van der Waals surface area (Å²) in [5.41, 5.74) is 2.00. The Kier molecular flexibility index (Phi) is 4.55. The molecule has 4 nitrogen and oxygen atoms in total. The predicted molar refractivity (Wildman–Crippen MR) is 94.9 cm³/mol. The van der Waals surface area contributed by atoms with Crippen LogP contribution in [-0.4, -0.2) is 10.6 Å². The molecule has 0 aliphatic carbocycles. The van der Waals surface area contributed by atoms with Gasteiger partial charge in [0.05, 0.1) is 27.1 Å². The number of anilines is 2. The van der Waals surface area contributed by atoms with Gasteiger partial charge in [0.1, 0.15) is 0 Å². The lowest BCUT2D eigenvalue weighted by atomic mass is 10.2. The van der Waals surface area contributed by atoms with Gasteiger partial charge in [0.15, 0.2) is 0 Å². The van der Waals surface area contributed by atoms with E-state index in [1.165, 1.54) is 0 Å². The van der Waals surface area contributed by atoms with Crippen LogP contribution >= 0.6 is 23.2 Å². The quantitative estimate of drug-likeness (QED) is 0.653. The van der Waals surface area contributed by atoms with Crippen LogP contribution in [0.15, 0.2) is 67.0 Å². The zero-order chi connectivity index (χ0) is 16.2. The van der Waals surface area contributed by atoms with Gasteiger partial charge in [-0.2, -0.15) is 0 Å². The summed E-state index contributed by atoms with van der Waals surface area (Å²) in [6.45, 7) is 0. The number of carbonyl (C=O) groups excluding carboxylic acids is 1. The molecular formula is C17H13Cl2N3O. The molecular weight excluding hydrogens is 333 g/mol. The fourth-order valence-corrected chi connectivity index (χ4v) is 2.52. The van der Waals surface area contributed by atoms with E-state index in [0.717, 1.165) is 5.69 Å². The van der Waals surface area contributed by atoms with Crippen LogP contribution in [0.2, 0.25) is 10.0 Å². The highest BCUT2D eigenvalue weighted by Gasteiger charge is 2.10. The van der Waals surface area contributed by atoms with E-state index in [4.69, 9.17) is 23.2 Å². The van der Waals surface area contributed by atoms with E-state index in [0.29, 0.717) is 21.4 Å². The van der Waals surface area contributed by atoms with E-state index in [-0.39, 0.29) is 0 Å². The molecule has 0 unspecified atom stereocenters. The second-order valence-corrected chi connectivity index (χ2v) is 5.57. The fourth-order valence-electron chi connectivity index (χ4n) is 2.18. The third-order valence-corrected chi connectivity index (χ3v) is 4.05. The molecule has 0 atom stereocenters. The van der Waals surface area contributed by atoms with Crippen LogP contribution < -0.4 is 10.6 Å². The highest BCUT2D eigenvalue weighted by Crippen LogP contribution is 2.29. The Bertz CT molecular complexity index is 832. The van der Waals surface area contributed by atoms with E-state index in [1.807, 2.05) is 53.4 Å². The number of urea groups is 1. The molecule has 2 N–H and O–H groups in total. The zero-order valence-corrected chi connectivity index (χ0v) is 13.5. The van der Waals surface area contributed by atoms with Crippen LogP contribution in [-0.2, 0) is 0 Å². The molecule has 0 bridgehead atoms. The van der Waals surface area contributed by atoms with Crippen molar-refractivity contribution in [2.75, 3.05) is 10.6 Å². The molecule has 0 aliphatic heterocycles. The van der Waals surface area contributed by atoms with Crippen molar-refractivity contribution < 1.29 is 4.79 Å². The lowest BCUT2D eigenvalue weighted by Crippen LogP contribution is -2.20. The van der Waals surface area contributed by atoms with Gasteiger partial charge < -0.3 is 15.2 Å². The number of benzene rings is 2. The van der Waals surface area contributed by atoms with E-state index in [2.05, 4.69) is 10.6 Å². The Morgan fingerprint density at radius 1 is 0.826 bits per heavy atom. The summed E-state index contributed by atoms with van der Waals surface area (Å²) in [4.78, 5) is 12.2. The van der Waals surface area contributed by atoms with Crippen LogP contribution in [0, 0.1) is 0 Å². The van der Waals surface area contributed by atoms with E-state index in [1.54, 1.807) is 18.2 Å². The first-order valence-electron chi connectivity index (χ1n) is 6.89. The highest BCUT2D eigenvalue weighted by molar-refractivity contribution is 6.44. The van der Waals surface area contributed by atoms with Crippen molar-refractivity contribution in [1.29, 1.82) is 0 Å². The third-order valence-electron chi connectivity index (χ3n) is 3.23. The summed E-state index contributed by atoms with van der Waals surface area (Å²) in [5, 5.41) is 6.21. The van der Waals surface area contributed by atoms with Gasteiger partial charge in [0.25, 0.3) is 0 Å². The Morgan fingerprint density at radius 2 is 1.48 bits per heavy atom. The number of carbonyl (C=O) groups is 1. The number of nitrogens with one attached hydrogen (secondary N) is 2. The number of halogens is 2. The van der Waals surface area contributed by atoms with Gasteiger partial charge in [-0.05, 0) is 36.4 Å². The topological polar surface area (TPSA) is 46.1 Å². The Hall–Kier alpha value is -2.43. The molecule has 1 aromatic heterocycles. The largest absolute Gasteiger partial charge is 0.323 e. The maximum atomic E-state index is 12.2. The smallest absolute Gasteiger partial charge is 0.322 e. The van der Waals surface area contributed by atoms with E-state index < -0.39 is 6.03 Å². The molecule has 0 saturated carbocycles. The van der Waals surface area contributed by atoms with Gasteiger partial charge >= 0.3 is 6.03 Å². The first-order valence-corrected chi connectivity index (χ1v) is 7.65. The van der Waals surface area contributed by atoms with Crippen LogP contribution in [0.5, 0.6) is 0 Å². The van der Waals surface area contributed by atoms with Gasteiger partial charge in [-0.3, -0.25) is 0 Å². The Labute approximate surface area is 143 Å². The lowest BCUT2D eigenvalue weighted by Gasteiger charge is -2.13. The molecule has 0 saturated heterocycles. The van der Waals surface area contributed by atoms with Crippen molar-refractivity contribution in [2.24, 2.45) is 0 Å². The number of hydrogen-bond acceptors (Lipinski definition) is 1. The summed E-state index contributed by atoms with van der Waals surface area (Å²) in [7, 11) is 0. The van der Waals surface area contributed by atoms with E-state index >= 15 is 0 Å². The van der Waals surface area contributed by atoms with Crippen LogP contribution in [0.25, 0.3) is 5.69 Å². The second-order valence-electron chi connectivity index (χ2n) is 4.79. The molecule has 2 aromatic carbocycles. The molecule has 116 valence electrons. The first-order chi connectivity index (χ1) is 11.1. The molecule has 0 radical (unpaired) electrons. The maximum Gasteiger partial charge on any atom is 0.323 e. The minimum absolute atomic E-state index is 0.308. The van der Waals surface area contributed by atoms with Crippen molar-refractivity contribution in [3.63, 3.8) is 0 Å². The van der Waals surface area contributed by atoms with Crippen molar-refractivity contribution >= 4 is 40.6 Å². The van der Waals surface area contributed by atoms with Gasteiger partial charge in [-0.15, -0.1) is 0 Å². The van der Waals surface area contributed by atoms with Crippen molar-refractivity contribution in [3.05, 3.63) is 77.0 Å². The molecule has 0 fully saturated rings. The lowest BCUT2D eigenvalue weighted by molar-refractivity contribution is 0.262. The van der Waals surface area contributed by atoms with Gasteiger partial charge in [-0.25, -0.2) is 4.79 Å². The van der Waals surface area contributed by atoms with Crippen molar-refractivity contribution in [3.8, 4) is 5.69 Å². The van der Waals surface area contributed by atoms with Gasteiger partial charge in [0.2, 0.25) is 0 Å². The number of aromatic nitrogens is 1. The van der Waals surface area contributed by atoms with Crippen LogP contribution in [0.3, 0.4) is 0 Å². The number of rotatable bonds is 3. The number of nitrogens with zero attached hydrogens (tertiary/aromatic N) is 1. The number of hydrogen-bond donors (Lipinski definition) is 2. The Balaban J connectivity index is 1.80. The third kappa shape index (κ3) is 3.50. The van der Waals surface area contributed by atoms with Crippen molar-refractivity contribution in [1.82, 2.24) is 4.57 Å². The van der Waals surface area contributed by atoms with Crippen LogP contribution in [0.4, 0.5) is 16.2 Å². The molecule has 3 rings (SSSR count). The molecule has 1 heterocycles. The fraction of sp³-hybridized carbons (Fsp3) is 0. The predicted octanol–water partition coefficient (Wildman–Crippen LogP) is 5.43.